The number of hydrogen-bond acceptors (Lipinski definition) is 5. The lowest BCUT2D eigenvalue weighted by Gasteiger charge is -2.08. The van der Waals surface area contributed by atoms with Crippen LogP contribution in [0.5, 0.6) is 0 Å². The second-order valence-corrected chi connectivity index (χ2v) is 3.08. The van der Waals surface area contributed by atoms with Crippen molar-refractivity contribution in [1.82, 2.24) is 19.7 Å². The highest BCUT2D eigenvalue weighted by Gasteiger charge is 2.08. The van der Waals surface area contributed by atoms with E-state index in [-0.39, 0.29) is 0 Å². The Morgan fingerprint density at radius 1 is 1.40 bits per heavy atom. The van der Waals surface area contributed by atoms with Crippen molar-refractivity contribution in [1.29, 1.82) is 0 Å². The van der Waals surface area contributed by atoms with Crippen molar-refractivity contribution in [2.45, 2.75) is 6.92 Å². The lowest BCUT2D eigenvalue weighted by atomic mass is 10.3. The fraction of sp³-hybridized carbons (Fsp3) is 0.222. The minimum Gasteiger partial charge on any atom is -0.383 e. The number of aromatic nitrogens is 4. The first-order valence-electron chi connectivity index (χ1n) is 4.54. The summed E-state index contributed by atoms with van der Waals surface area (Å²) in [5, 5.41) is 7.01. The van der Waals surface area contributed by atoms with E-state index in [2.05, 4.69) is 20.4 Å². The van der Waals surface area contributed by atoms with Crippen molar-refractivity contribution in [2.24, 2.45) is 0 Å². The van der Waals surface area contributed by atoms with E-state index in [1.807, 2.05) is 6.92 Å². The Bertz CT molecular complexity index is 462. The Morgan fingerprint density at radius 3 is 2.80 bits per heavy atom. The fourth-order valence-corrected chi connectivity index (χ4v) is 1.25. The third-order valence-electron chi connectivity index (χ3n) is 2.12. The monoisotopic (exact) mass is 204 g/mol. The van der Waals surface area contributed by atoms with Crippen molar-refractivity contribution in [3.05, 3.63) is 24.0 Å². The molecule has 3 N–H and O–H groups in total. The Hall–Kier alpha value is -2.11. The number of nitrogens with two attached hydrogens (primary N) is 1. The van der Waals surface area contributed by atoms with Crippen molar-refractivity contribution >= 4 is 11.6 Å². The second kappa shape index (κ2) is 3.56. The molecule has 2 heterocycles. The number of rotatable bonds is 2. The Morgan fingerprint density at radius 2 is 2.20 bits per heavy atom. The minimum absolute atomic E-state index is 0.458. The standard InChI is InChI=1S/C9H12N6/c1-6-7(10)13-9(14-8(6)11-2)15-5-3-4-12-15/h3-5H,1-2H3,(H3,10,11,13,14). The molecule has 2 aromatic heterocycles. The third kappa shape index (κ3) is 1.61. The van der Waals surface area contributed by atoms with Gasteiger partial charge in [0.15, 0.2) is 0 Å². The third-order valence-corrected chi connectivity index (χ3v) is 2.12. The van der Waals surface area contributed by atoms with Gasteiger partial charge in [-0.25, -0.2) is 4.68 Å². The molecule has 15 heavy (non-hydrogen) atoms. The van der Waals surface area contributed by atoms with Crippen LogP contribution in [0.15, 0.2) is 18.5 Å². The molecule has 6 heteroatoms. The van der Waals surface area contributed by atoms with Gasteiger partial charge in [-0.2, -0.15) is 15.1 Å². The van der Waals surface area contributed by atoms with Crippen molar-refractivity contribution < 1.29 is 0 Å². The average Bonchev–Trinajstić information content (AvgIpc) is 2.75. The molecule has 0 saturated heterocycles. The summed E-state index contributed by atoms with van der Waals surface area (Å²) in [7, 11) is 1.79. The number of nitrogens with zero attached hydrogens (tertiary/aromatic N) is 4. The average molecular weight is 204 g/mol. The van der Waals surface area contributed by atoms with Gasteiger partial charge in [-0.1, -0.05) is 0 Å². The van der Waals surface area contributed by atoms with Crippen LogP contribution in [0.4, 0.5) is 11.6 Å². The first-order chi connectivity index (χ1) is 7.22. The summed E-state index contributed by atoms with van der Waals surface area (Å²) in [4.78, 5) is 8.44. The predicted molar refractivity (Wildman–Crippen MR) is 57.9 cm³/mol. The highest BCUT2D eigenvalue weighted by atomic mass is 15.3. The van der Waals surface area contributed by atoms with Gasteiger partial charge in [0.2, 0.25) is 0 Å². The van der Waals surface area contributed by atoms with E-state index in [0.29, 0.717) is 17.6 Å². The largest absolute Gasteiger partial charge is 0.383 e. The van der Waals surface area contributed by atoms with Crippen LogP contribution in [0.3, 0.4) is 0 Å². The topological polar surface area (TPSA) is 81.7 Å². The van der Waals surface area contributed by atoms with E-state index in [0.717, 1.165) is 5.56 Å². The molecule has 0 amide bonds. The quantitative estimate of drug-likeness (QED) is 0.748. The molecule has 0 aliphatic heterocycles. The Balaban J connectivity index is 2.55. The first-order valence-corrected chi connectivity index (χ1v) is 4.54. The second-order valence-electron chi connectivity index (χ2n) is 3.08. The lowest BCUT2D eigenvalue weighted by Crippen LogP contribution is -2.09. The van der Waals surface area contributed by atoms with Crippen LogP contribution in [-0.4, -0.2) is 26.8 Å². The predicted octanol–water partition coefficient (Wildman–Crippen LogP) is 0.595. The first kappa shape index (κ1) is 9.45. The maximum absolute atomic E-state index is 5.77. The molecular formula is C9H12N6. The van der Waals surface area contributed by atoms with Crippen LogP contribution in [-0.2, 0) is 0 Å². The highest BCUT2D eigenvalue weighted by molar-refractivity contribution is 5.55. The molecule has 0 bridgehead atoms. The minimum atomic E-state index is 0.458. The Kier molecular flexibility index (Phi) is 2.24. The molecule has 2 rings (SSSR count). The van der Waals surface area contributed by atoms with Gasteiger partial charge in [-0.3, -0.25) is 0 Å². The van der Waals surface area contributed by atoms with Crippen LogP contribution in [0.1, 0.15) is 5.56 Å². The van der Waals surface area contributed by atoms with Gasteiger partial charge in [0.1, 0.15) is 11.6 Å². The maximum Gasteiger partial charge on any atom is 0.254 e. The van der Waals surface area contributed by atoms with Gasteiger partial charge in [-0.15, -0.1) is 0 Å². The maximum atomic E-state index is 5.77. The summed E-state index contributed by atoms with van der Waals surface area (Å²) < 4.78 is 1.57. The van der Waals surface area contributed by atoms with Crippen LogP contribution in [0, 0.1) is 6.92 Å². The zero-order valence-electron chi connectivity index (χ0n) is 8.60. The summed E-state index contributed by atoms with van der Waals surface area (Å²) in [5.41, 5.74) is 6.61. The zero-order valence-corrected chi connectivity index (χ0v) is 8.60. The summed E-state index contributed by atoms with van der Waals surface area (Å²) in [6.45, 7) is 1.87. The van der Waals surface area contributed by atoms with Crippen molar-refractivity contribution in [3.8, 4) is 5.95 Å². The fourth-order valence-electron chi connectivity index (χ4n) is 1.25. The highest BCUT2D eigenvalue weighted by Crippen LogP contribution is 2.17. The summed E-state index contributed by atoms with van der Waals surface area (Å²) in [6, 6.07) is 1.80. The molecule has 0 fully saturated rings. The van der Waals surface area contributed by atoms with Gasteiger partial charge in [-0.05, 0) is 13.0 Å². The molecule has 6 nitrogen and oxygen atoms in total. The van der Waals surface area contributed by atoms with E-state index >= 15 is 0 Å². The molecule has 0 unspecified atom stereocenters. The summed E-state index contributed by atoms with van der Waals surface area (Å²) >= 11 is 0. The van der Waals surface area contributed by atoms with Crippen molar-refractivity contribution in [3.63, 3.8) is 0 Å². The lowest BCUT2D eigenvalue weighted by molar-refractivity contribution is 0.809. The molecule has 0 aromatic carbocycles. The number of hydrogen-bond donors (Lipinski definition) is 2. The van der Waals surface area contributed by atoms with Gasteiger partial charge < -0.3 is 11.1 Å². The van der Waals surface area contributed by atoms with Gasteiger partial charge in [0.05, 0.1) is 0 Å². The Labute approximate surface area is 87.2 Å². The molecule has 0 atom stereocenters. The molecule has 78 valence electrons. The molecule has 0 aliphatic rings. The smallest absolute Gasteiger partial charge is 0.254 e. The molecule has 0 saturated carbocycles. The van der Waals surface area contributed by atoms with Crippen LogP contribution in [0.25, 0.3) is 5.95 Å². The van der Waals surface area contributed by atoms with E-state index in [1.165, 1.54) is 0 Å². The van der Waals surface area contributed by atoms with Crippen LogP contribution >= 0.6 is 0 Å². The zero-order chi connectivity index (χ0) is 10.8. The van der Waals surface area contributed by atoms with Gasteiger partial charge in [0, 0.05) is 25.0 Å². The summed E-state index contributed by atoms with van der Waals surface area (Å²) in [5.74, 6) is 1.64. The number of anilines is 2. The molecule has 2 aromatic rings. The molecular weight excluding hydrogens is 192 g/mol. The molecule has 0 aliphatic carbocycles. The summed E-state index contributed by atoms with van der Waals surface area (Å²) in [6.07, 6.45) is 3.43. The van der Waals surface area contributed by atoms with E-state index in [9.17, 15) is 0 Å². The normalized spacial score (nSPS) is 10.3. The van der Waals surface area contributed by atoms with E-state index in [1.54, 1.807) is 30.2 Å². The number of nitrogens with one attached hydrogen (secondary N) is 1. The van der Waals surface area contributed by atoms with E-state index < -0.39 is 0 Å². The SMILES string of the molecule is CNc1nc(-n2cccn2)nc(N)c1C. The van der Waals surface area contributed by atoms with Crippen LogP contribution in [0.2, 0.25) is 0 Å². The van der Waals surface area contributed by atoms with Crippen LogP contribution < -0.4 is 11.1 Å². The van der Waals surface area contributed by atoms with E-state index in [4.69, 9.17) is 5.73 Å². The number of nitrogen functional groups attached to an aromatic ring is 1. The van der Waals surface area contributed by atoms with Gasteiger partial charge >= 0.3 is 0 Å². The molecule has 0 spiro atoms. The van der Waals surface area contributed by atoms with Gasteiger partial charge in [0.25, 0.3) is 5.95 Å². The molecule has 0 radical (unpaired) electrons. The van der Waals surface area contributed by atoms with Crippen molar-refractivity contribution in [2.75, 3.05) is 18.1 Å².